The molecule has 3 rings (SSSR count). The number of nitrogens with one attached hydrogen (secondary N) is 1. The molecule has 1 aromatic heterocycles. The van der Waals surface area contributed by atoms with Crippen molar-refractivity contribution in [3.8, 4) is 17.2 Å². The van der Waals surface area contributed by atoms with Gasteiger partial charge in [-0.1, -0.05) is 0 Å². The molecule has 1 aromatic carbocycles. The molecule has 0 radical (unpaired) electrons. The van der Waals surface area contributed by atoms with E-state index in [0.717, 1.165) is 0 Å². The minimum absolute atomic E-state index is 0.103. The quantitative estimate of drug-likeness (QED) is 0.528. The van der Waals surface area contributed by atoms with Gasteiger partial charge in [-0.3, -0.25) is 14.7 Å². The Hall–Kier alpha value is -2.74. The number of aromatic nitrogens is 2. The second kappa shape index (κ2) is 5.23. The first-order valence-electron chi connectivity index (χ1n) is 6.77. The maximum atomic E-state index is 11.9. The van der Waals surface area contributed by atoms with Crippen molar-refractivity contribution in [2.75, 3.05) is 12.3 Å². The molecule has 22 heavy (non-hydrogen) atoms. The van der Waals surface area contributed by atoms with Gasteiger partial charge >= 0.3 is 0 Å². The number of aromatic hydroxyl groups is 3. The molecule has 116 valence electrons. The van der Waals surface area contributed by atoms with Crippen LogP contribution in [0.25, 0.3) is 0 Å². The molecule has 2 heterocycles. The standard InChI is InChI=1S/C14H16N4O4/c15-14-16-10-1-2-18(5-8(10)13(22)17-14)6-9-11(20)3-7(19)4-12(9)21/h3-4,19-21H,1-2,5-6H2,(H3,15,16,17,22). The van der Waals surface area contributed by atoms with Crippen LogP contribution in [0.1, 0.15) is 16.8 Å². The van der Waals surface area contributed by atoms with Crippen molar-refractivity contribution < 1.29 is 15.3 Å². The smallest absolute Gasteiger partial charge is 0.257 e. The van der Waals surface area contributed by atoms with Gasteiger partial charge in [-0.15, -0.1) is 0 Å². The van der Waals surface area contributed by atoms with Crippen LogP contribution >= 0.6 is 0 Å². The number of hydrogen-bond donors (Lipinski definition) is 5. The zero-order valence-corrected chi connectivity index (χ0v) is 11.7. The highest BCUT2D eigenvalue weighted by Gasteiger charge is 2.22. The number of anilines is 1. The highest BCUT2D eigenvalue weighted by atomic mass is 16.3. The zero-order chi connectivity index (χ0) is 15.9. The van der Waals surface area contributed by atoms with E-state index in [4.69, 9.17) is 5.73 Å². The van der Waals surface area contributed by atoms with Gasteiger partial charge in [-0.05, 0) is 0 Å². The van der Waals surface area contributed by atoms with Crippen molar-refractivity contribution in [1.82, 2.24) is 14.9 Å². The normalized spacial score (nSPS) is 14.7. The molecule has 0 bridgehead atoms. The lowest BCUT2D eigenvalue weighted by molar-refractivity contribution is 0.235. The van der Waals surface area contributed by atoms with Crippen molar-refractivity contribution in [2.45, 2.75) is 19.5 Å². The van der Waals surface area contributed by atoms with E-state index >= 15 is 0 Å². The van der Waals surface area contributed by atoms with Crippen LogP contribution in [-0.4, -0.2) is 36.7 Å². The first-order chi connectivity index (χ1) is 10.4. The van der Waals surface area contributed by atoms with Crippen molar-refractivity contribution in [2.24, 2.45) is 0 Å². The average Bonchev–Trinajstić information content (AvgIpc) is 2.43. The van der Waals surface area contributed by atoms with Crippen LogP contribution < -0.4 is 11.3 Å². The van der Waals surface area contributed by atoms with E-state index in [1.165, 1.54) is 12.1 Å². The number of fused-ring (bicyclic) bond motifs is 1. The predicted molar refractivity (Wildman–Crippen MR) is 78.5 cm³/mol. The number of nitrogens with two attached hydrogens (primary N) is 1. The molecular weight excluding hydrogens is 288 g/mol. The molecule has 0 atom stereocenters. The molecule has 6 N–H and O–H groups in total. The first kappa shape index (κ1) is 14.2. The van der Waals surface area contributed by atoms with E-state index < -0.39 is 0 Å². The Bertz CT molecular complexity index is 764. The zero-order valence-electron chi connectivity index (χ0n) is 11.7. The molecule has 1 aliphatic heterocycles. The molecule has 8 nitrogen and oxygen atoms in total. The number of nitrogen functional groups attached to an aromatic ring is 1. The Balaban J connectivity index is 1.86. The summed E-state index contributed by atoms with van der Waals surface area (Å²) in [4.78, 5) is 20.4. The summed E-state index contributed by atoms with van der Waals surface area (Å²) in [6.07, 6.45) is 0.559. The van der Waals surface area contributed by atoms with Gasteiger partial charge in [-0.2, -0.15) is 0 Å². The van der Waals surface area contributed by atoms with Crippen LogP contribution in [0.5, 0.6) is 17.2 Å². The highest BCUT2D eigenvalue weighted by molar-refractivity contribution is 5.48. The van der Waals surface area contributed by atoms with E-state index in [0.29, 0.717) is 36.3 Å². The fraction of sp³-hybridized carbons (Fsp3) is 0.286. The Morgan fingerprint density at radius 1 is 1.27 bits per heavy atom. The lowest BCUT2D eigenvalue weighted by Crippen LogP contribution is -2.35. The van der Waals surface area contributed by atoms with E-state index in [2.05, 4.69) is 9.97 Å². The molecule has 2 aromatic rings. The van der Waals surface area contributed by atoms with Gasteiger partial charge in [0.1, 0.15) is 17.2 Å². The van der Waals surface area contributed by atoms with Crippen LogP contribution in [0.3, 0.4) is 0 Å². The second-order valence-electron chi connectivity index (χ2n) is 5.30. The van der Waals surface area contributed by atoms with Crippen LogP contribution in [0.4, 0.5) is 5.95 Å². The fourth-order valence-corrected chi connectivity index (χ4v) is 2.65. The van der Waals surface area contributed by atoms with Crippen molar-refractivity contribution in [1.29, 1.82) is 0 Å². The summed E-state index contributed by atoms with van der Waals surface area (Å²) in [6.45, 7) is 1.21. The fourth-order valence-electron chi connectivity index (χ4n) is 2.65. The summed E-state index contributed by atoms with van der Waals surface area (Å²) in [5.74, 6) is -0.481. The van der Waals surface area contributed by atoms with Crippen molar-refractivity contribution in [3.63, 3.8) is 0 Å². The Morgan fingerprint density at radius 3 is 2.64 bits per heavy atom. The summed E-state index contributed by atoms with van der Waals surface area (Å²) in [6, 6.07) is 2.34. The number of hydrogen-bond acceptors (Lipinski definition) is 7. The Kier molecular flexibility index (Phi) is 3.38. The minimum atomic E-state index is -0.272. The molecule has 0 fully saturated rings. The van der Waals surface area contributed by atoms with Crippen LogP contribution in [0.2, 0.25) is 0 Å². The van der Waals surface area contributed by atoms with Gasteiger partial charge in [0.05, 0.1) is 11.3 Å². The molecular formula is C14H16N4O4. The average molecular weight is 304 g/mol. The molecule has 0 unspecified atom stereocenters. The predicted octanol–water partition coefficient (Wildman–Crippen LogP) is 0.0272. The number of phenolic OH excluding ortho intramolecular Hbond substituents is 3. The lowest BCUT2D eigenvalue weighted by Gasteiger charge is -2.28. The van der Waals surface area contributed by atoms with Crippen molar-refractivity contribution in [3.05, 3.63) is 39.3 Å². The molecule has 8 heteroatoms. The van der Waals surface area contributed by atoms with E-state index in [9.17, 15) is 20.1 Å². The topological polar surface area (TPSA) is 136 Å². The maximum Gasteiger partial charge on any atom is 0.257 e. The number of nitrogens with zero attached hydrogens (tertiary/aromatic N) is 2. The van der Waals surface area contributed by atoms with Gasteiger partial charge in [0.2, 0.25) is 5.95 Å². The largest absolute Gasteiger partial charge is 0.508 e. The van der Waals surface area contributed by atoms with E-state index in [1.54, 1.807) is 0 Å². The first-order valence-corrected chi connectivity index (χ1v) is 6.77. The lowest BCUT2D eigenvalue weighted by atomic mass is 10.1. The number of phenols is 3. The molecule has 0 saturated heterocycles. The number of benzene rings is 1. The van der Waals surface area contributed by atoms with Gasteiger partial charge in [0, 0.05) is 43.8 Å². The summed E-state index contributed by atoms with van der Waals surface area (Å²) >= 11 is 0. The molecule has 0 amide bonds. The van der Waals surface area contributed by atoms with E-state index in [1.807, 2.05) is 4.90 Å². The highest BCUT2D eigenvalue weighted by Crippen LogP contribution is 2.33. The third-order valence-electron chi connectivity index (χ3n) is 3.74. The number of aromatic amines is 1. The monoisotopic (exact) mass is 304 g/mol. The maximum absolute atomic E-state index is 11.9. The van der Waals surface area contributed by atoms with Gasteiger partial charge < -0.3 is 21.1 Å². The molecule has 1 aliphatic rings. The Labute approximate surface area is 125 Å². The van der Waals surface area contributed by atoms with Crippen molar-refractivity contribution >= 4 is 5.95 Å². The van der Waals surface area contributed by atoms with Gasteiger partial charge in [0.15, 0.2) is 0 Å². The number of rotatable bonds is 2. The van der Waals surface area contributed by atoms with E-state index in [-0.39, 0.29) is 35.3 Å². The minimum Gasteiger partial charge on any atom is -0.508 e. The molecule has 0 saturated carbocycles. The summed E-state index contributed by atoms with van der Waals surface area (Å²) in [5, 5.41) is 29.0. The second-order valence-corrected chi connectivity index (χ2v) is 5.30. The SMILES string of the molecule is Nc1nc2c(c(=O)[nH]1)CN(Cc1c(O)cc(O)cc1O)CC2. The van der Waals surface area contributed by atoms with Crippen LogP contribution in [0, 0.1) is 0 Å². The van der Waals surface area contributed by atoms with Crippen LogP contribution in [0.15, 0.2) is 16.9 Å². The third-order valence-corrected chi connectivity index (χ3v) is 3.74. The molecule has 0 spiro atoms. The van der Waals surface area contributed by atoms with Gasteiger partial charge in [-0.25, -0.2) is 4.98 Å². The molecule has 0 aliphatic carbocycles. The van der Waals surface area contributed by atoms with Gasteiger partial charge in [0.25, 0.3) is 5.56 Å². The summed E-state index contributed by atoms with van der Waals surface area (Å²) in [5.41, 5.74) is 6.78. The van der Waals surface area contributed by atoms with Crippen LogP contribution in [-0.2, 0) is 19.5 Å². The number of H-pyrrole nitrogens is 1. The summed E-state index contributed by atoms with van der Waals surface area (Å²) in [7, 11) is 0. The summed E-state index contributed by atoms with van der Waals surface area (Å²) < 4.78 is 0. The Morgan fingerprint density at radius 2 is 1.95 bits per heavy atom. The third kappa shape index (κ3) is 2.56.